The number of nitrogens with one attached hydrogen (secondary N) is 3. The minimum absolute atomic E-state index is 0.0168. The van der Waals surface area contributed by atoms with Crippen molar-refractivity contribution in [2.75, 3.05) is 19.6 Å². The first kappa shape index (κ1) is 32.0. The van der Waals surface area contributed by atoms with E-state index < -0.39 is 50.9 Å². The molecule has 4 rings (SSSR count). The number of hydrogen-bond acceptors (Lipinski definition) is 5. The maximum absolute atomic E-state index is 13.5. The van der Waals surface area contributed by atoms with Crippen molar-refractivity contribution < 1.29 is 31.2 Å². The van der Waals surface area contributed by atoms with Gasteiger partial charge in [0.05, 0.1) is 22.9 Å². The summed E-state index contributed by atoms with van der Waals surface area (Å²) in [6, 6.07) is 7.26. The van der Waals surface area contributed by atoms with E-state index in [9.17, 15) is 31.2 Å². The molecular weight excluding hydrogens is 569 g/mol. The van der Waals surface area contributed by atoms with Crippen molar-refractivity contribution in [2.24, 2.45) is 5.41 Å². The molecule has 0 radical (unpaired) electrons. The molecule has 2 aromatic carbocycles. The molecule has 12 heteroatoms. The monoisotopic (exact) mass is 608 g/mol. The predicted molar refractivity (Wildman–Crippen MR) is 153 cm³/mol. The summed E-state index contributed by atoms with van der Waals surface area (Å²) in [5.41, 5.74) is 2.26. The lowest BCUT2D eigenvalue weighted by Crippen LogP contribution is -2.58. The van der Waals surface area contributed by atoms with Gasteiger partial charge in [0.15, 0.2) is 0 Å². The van der Waals surface area contributed by atoms with Crippen LogP contribution in [0.1, 0.15) is 73.9 Å². The number of rotatable bonds is 8. The maximum Gasteiger partial charge on any atom is 0.416 e. The Labute approximate surface area is 245 Å². The molecule has 42 heavy (non-hydrogen) atoms. The Balaban J connectivity index is 1.49. The topological polar surface area (TPSA) is 108 Å². The van der Waals surface area contributed by atoms with Gasteiger partial charge in [-0.2, -0.15) is 17.5 Å². The summed E-state index contributed by atoms with van der Waals surface area (Å²) in [6.07, 6.45) is -2.76. The third-order valence-corrected chi connectivity index (χ3v) is 9.53. The number of aryl methyl sites for hydroxylation is 2. The molecule has 1 heterocycles. The molecule has 1 fully saturated rings. The van der Waals surface area contributed by atoms with Crippen molar-refractivity contribution in [3.63, 3.8) is 0 Å². The fourth-order valence-electron chi connectivity index (χ4n) is 5.52. The van der Waals surface area contributed by atoms with E-state index in [1.165, 1.54) is 6.92 Å². The summed E-state index contributed by atoms with van der Waals surface area (Å²) in [5.74, 6) is -1.18. The van der Waals surface area contributed by atoms with E-state index >= 15 is 0 Å². The van der Waals surface area contributed by atoms with Gasteiger partial charge >= 0.3 is 6.18 Å². The van der Waals surface area contributed by atoms with Gasteiger partial charge in [-0.05, 0) is 66.0 Å². The van der Waals surface area contributed by atoms with Crippen molar-refractivity contribution in [1.82, 2.24) is 20.3 Å². The molecule has 2 aliphatic rings. The molecule has 2 amide bonds. The normalized spacial score (nSPS) is 20.1. The first-order valence-electron chi connectivity index (χ1n) is 14.2. The van der Waals surface area contributed by atoms with Crippen LogP contribution in [0.2, 0.25) is 0 Å². The third-order valence-electron chi connectivity index (χ3n) is 7.62. The molecule has 1 saturated heterocycles. The number of fused-ring (bicyclic) bond motifs is 1. The lowest BCUT2D eigenvalue weighted by Gasteiger charge is -2.34. The highest BCUT2D eigenvalue weighted by Gasteiger charge is 2.41. The number of nitrogens with zero attached hydrogens (tertiary/aromatic N) is 1. The predicted octanol–water partition coefficient (Wildman–Crippen LogP) is 4.22. The van der Waals surface area contributed by atoms with E-state index in [0.717, 1.165) is 59.1 Å². The van der Waals surface area contributed by atoms with Crippen LogP contribution >= 0.6 is 0 Å². The summed E-state index contributed by atoms with van der Waals surface area (Å²) < 4.78 is 68.2. The van der Waals surface area contributed by atoms with Gasteiger partial charge in [0.1, 0.15) is 6.04 Å². The van der Waals surface area contributed by atoms with Gasteiger partial charge in [0, 0.05) is 26.2 Å². The Morgan fingerprint density at radius 1 is 1.12 bits per heavy atom. The first-order chi connectivity index (χ1) is 19.6. The summed E-state index contributed by atoms with van der Waals surface area (Å²) in [5, 5.41) is 9.01. The Morgan fingerprint density at radius 3 is 2.55 bits per heavy atom. The molecule has 0 saturated carbocycles. The van der Waals surface area contributed by atoms with Crippen LogP contribution in [0.3, 0.4) is 0 Å². The van der Waals surface area contributed by atoms with Gasteiger partial charge in [0.2, 0.25) is 21.8 Å². The minimum atomic E-state index is -4.74. The second-order valence-electron chi connectivity index (χ2n) is 12.3. The van der Waals surface area contributed by atoms with Gasteiger partial charge < -0.3 is 16.0 Å². The zero-order valence-corrected chi connectivity index (χ0v) is 25.2. The average molecular weight is 609 g/mol. The highest BCUT2D eigenvalue weighted by molar-refractivity contribution is 7.89. The average Bonchev–Trinajstić information content (AvgIpc) is 2.88. The molecule has 230 valence electrons. The molecule has 1 aliphatic heterocycles. The number of halogens is 3. The Morgan fingerprint density at radius 2 is 1.86 bits per heavy atom. The number of sulfonamides is 1. The van der Waals surface area contributed by atoms with E-state index in [4.69, 9.17) is 0 Å². The van der Waals surface area contributed by atoms with Gasteiger partial charge in [-0.25, -0.2) is 8.42 Å². The molecule has 2 aromatic rings. The first-order valence-corrected chi connectivity index (χ1v) is 15.6. The highest BCUT2D eigenvalue weighted by atomic mass is 32.2. The van der Waals surface area contributed by atoms with Gasteiger partial charge in [-0.1, -0.05) is 45.0 Å². The molecule has 0 spiro atoms. The molecule has 8 nitrogen and oxygen atoms in total. The number of piperazine rings is 1. The largest absolute Gasteiger partial charge is 0.416 e. The molecular formula is C30H39F3N4O4S. The van der Waals surface area contributed by atoms with Crippen LogP contribution in [-0.4, -0.2) is 50.2 Å². The fourth-order valence-corrected chi connectivity index (χ4v) is 7.13. The van der Waals surface area contributed by atoms with Gasteiger partial charge in [-0.3, -0.25) is 9.59 Å². The van der Waals surface area contributed by atoms with Crippen LogP contribution in [-0.2, 0) is 38.8 Å². The summed E-state index contributed by atoms with van der Waals surface area (Å²) in [4.78, 5) is 25.4. The number of carbonyl (C=O) groups excluding carboxylic acids is 2. The maximum atomic E-state index is 13.5. The van der Waals surface area contributed by atoms with Gasteiger partial charge in [0.25, 0.3) is 0 Å². The number of hydrogen-bond donors (Lipinski definition) is 3. The highest BCUT2D eigenvalue weighted by Crippen LogP contribution is 2.35. The summed E-state index contributed by atoms with van der Waals surface area (Å²) in [6.45, 7) is 9.16. The third kappa shape index (κ3) is 7.51. The zero-order chi connectivity index (χ0) is 30.9. The lowest BCUT2D eigenvalue weighted by molar-refractivity contribution is -0.138. The number of alkyl halides is 3. The van der Waals surface area contributed by atoms with Crippen LogP contribution in [0.4, 0.5) is 13.2 Å². The molecule has 1 aliphatic carbocycles. The smallest absolute Gasteiger partial charge is 0.353 e. The fraction of sp³-hybridized carbons (Fsp3) is 0.533. The molecule has 2 atom stereocenters. The molecule has 0 unspecified atom stereocenters. The SMILES string of the molecule is Cc1ccc(S(=O)(=O)N2CCNC(=O)[C@H]2CC(=O)N[C@@H]2CCCc3cc(CNCC(C)(C)C)ccc32)cc1C(F)(F)F. The lowest BCUT2D eigenvalue weighted by atomic mass is 9.86. The second kappa shape index (κ2) is 12.3. The minimum Gasteiger partial charge on any atom is -0.353 e. The van der Waals surface area contributed by atoms with E-state index in [0.29, 0.717) is 12.5 Å². The van der Waals surface area contributed by atoms with Crippen molar-refractivity contribution in [2.45, 2.75) is 83.1 Å². The van der Waals surface area contributed by atoms with Crippen LogP contribution in [0.25, 0.3) is 0 Å². The van der Waals surface area contributed by atoms with Crippen LogP contribution < -0.4 is 16.0 Å². The van der Waals surface area contributed by atoms with Crippen molar-refractivity contribution in [3.8, 4) is 0 Å². The second-order valence-corrected chi connectivity index (χ2v) is 14.2. The van der Waals surface area contributed by atoms with Crippen molar-refractivity contribution in [1.29, 1.82) is 0 Å². The summed E-state index contributed by atoms with van der Waals surface area (Å²) in [7, 11) is -4.51. The zero-order valence-electron chi connectivity index (χ0n) is 24.4. The van der Waals surface area contributed by atoms with Crippen molar-refractivity contribution >= 4 is 21.8 Å². The van der Waals surface area contributed by atoms with E-state index in [-0.39, 0.29) is 30.1 Å². The molecule has 0 bridgehead atoms. The Hall–Kier alpha value is -2.96. The molecule has 0 aromatic heterocycles. The van der Waals surface area contributed by atoms with Gasteiger partial charge in [-0.15, -0.1) is 0 Å². The van der Waals surface area contributed by atoms with E-state index in [1.54, 1.807) is 0 Å². The Kier molecular flexibility index (Phi) is 9.39. The van der Waals surface area contributed by atoms with Crippen LogP contribution in [0.5, 0.6) is 0 Å². The van der Waals surface area contributed by atoms with Crippen LogP contribution in [0.15, 0.2) is 41.3 Å². The summed E-state index contributed by atoms with van der Waals surface area (Å²) >= 11 is 0. The number of carbonyl (C=O) groups is 2. The van der Waals surface area contributed by atoms with E-state index in [1.807, 2.05) is 12.1 Å². The number of benzene rings is 2. The number of amides is 2. The quantitative estimate of drug-likeness (QED) is 0.416. The van der Waals surface area contributed by atoms with E-state index in [2.05, 4.69) is 42.8 Å². The van der Waals surface area contributed by atoms with Crippen molar-refractivity contribution in [3.05, 3.63) is 64.2 Å². The standard InChI is InChI=1S/C30H39F3N4O4S/c1-19-8-10-22(15-24(19)30(31,32)33)42(40,41)37-13-12-35-28(39)26(37)16-27(38)36-25-7-5-6-21-14-20(9-11-23(21)25)17-34-18-29(2,3)4/h8-11,14-15,25-26,34H,5-7,12-13,16-18H2,1-4H3,(H,35,39)(H,36,38)/t25-,26-/m1/s1. The van der Waals surface area contributed by atoms with Crippen LogP contribution in [0, 0.1) is 12.3 Å². The Bertz CT molecular complexity index is 1440. The molecule has 3 N–H and O–H groups in total.